The molecule has 0 aliphatic rings. The predicted molar refractivity (Wildman–Crippen MR) is 77.0 cm³/mol. The number of benzene rings is 2. The van der Waals surface area contributed by atoms with E-state index in [1.165, 1.54) is 12.1 Å². The Balaban J connectivity index is 2.27. The minimum absolute atomic E-state index is 0.0324. The first-order valence-corrected chi connectivity index (χ1v) is 6.62. The van der Waals surface area contributed by atoms with Gasteiger partial charge in [0.25, 0.3) is 0 Å². The summed E-state index contributed by atoms with van der Waals surface area (Å²) in [5, 5.41) is -0.0596. The first kappa shape index (κ1) is 14.5. The fourth-order valence-corrected chi connectivity index (χ4v) is 1.97. The van der Waals surface area contributed by atoms with E-state index in [4.69, 9.17) is 16.3 Å². The van der Waals surface area contributed by atoms with E-state index in [0.717, 1.165) is 0 Å². The molecule has 0 N–H and O–H groups in total. The van der Waals surface area contributed by atoms with Crippen molar-refractivity contribution in [2.75, 3.05) is 0 Å². The van der Waals surface area contributed by atoms with E-state index in [0.29, 0.717) is 11.3 Å². The molecule has 0 radical (unpaired) electrons. The van der Waals surface area contributed by atoms with Crippen LogP contribution in [0.2, 0.25) is 5.02 Å². The molecule has 2 nitrogen and oxygen atoms in total. The highest BCUT2D eigenvalue weighted by Crippen LogP contribution is 2.22. The molecule has 0 saturated heterocycles. The summed E-state index contributed by atoms with van der Waals surface area (Å²) in [6.07, 6.45) is 0.0573. The van der Waals surface area contributed by atoms with Gasteiger partial charge in [-0.15, -0.1) is 0 Å². The Bertz CT molecular complexity index is 621. The average molecular weight is 293 g/mol. The van der Waals surface area contributed by atoms with Gasteiger partial charge in [-0.3, -0.25) is 4.79 Å². The maximum absolute atomic E-state index is 13.8. The average Bonchev–Trinajstić information content (AvgIpc) is 2.41. The molecule has 0 heterocycles. The zero-order valence-corrected chi connectivity index (χ0v) is 11.9. The summed E-state index contributed by atoms with van der Waals surface area (Å²) in [6, 6.07) is 11.0. The van der Waals surface area contributed by atoms with Crippen LogP contribution in [0.5, 0.6) is 5.75 Å². The van der Waals surface area contributed by atoms with Crippen LogP contribution in [0.3, 0.4) is 0 Å². The summed E-state index contributed by atoms with van der Waals surface area (Å²) in [5.41, 5.74) is 0.359. The molecule has 2 rings (SSSR count). The lowest BCUT2D eigenvalue weighted by molar-refractivity contribution is 0.103. The van der Waals surface area contributed by atoms with Crippen molar-refractivity contribution < 1.29 is 13.9 Å². The van der Waals surface area contributed by atoms with Crippen LogP contribution < -0.4 is 4.74 Å². The third-order valence-corrected chi connectivity index (χ3v) is 2.98. The van der Waals surface area contributed by atoms with Crippen molar-refractivity contribution in [2.24, 2.45) is 0 Å². The van der Waals surface area contributed by atoms with E-state index in [1.807, 2.05) is 13.8 Å². The molecule has 0 unspecified atom stereocenters. The summed E-state index contributed by atoms with van der Waals surface area (Å²) < 4.78 is 19.3. The predicted octanol–water partition coefficient (Wildman–Crippen LogP) is 4.50. The van der Waals surface area contributed by atoms with Crippen molar-refractivity contribution in [3.05, 3.63) is 64.4 Å². The van der Waals surface area contributed by atoms with Gasteiger partial charge in [0.2, 0.25) is 0 Å². The van der Waals surface area contributed by atoms with E-state index in [1.54, 1.807) is 30.3 Å². The molecule has 20 heavy (non-hydrogen) atoms. The molecule has 2 aromatic rings. The first-order chi connectivity index (χ1) is 9.49. The van der Waals surface area contributed by atoms with Crippen LogP contribution in [0.15, 0.2) is 42.5 Å². The summed E-state index contributed by atoms with van der Waals surface area (Å²) in [5.74, 6) is -0.425. The highest BCUT2D eigenvalue weighted by molar-refractivity contribution is 6.31. The maximum Gasteiger partial charge on any atom is 0.196 e. The van der Waals surface area contributed by atoms with Crippen LogP contribution >= 0.6 is 11.6 Å². The number of halogens is 2. The van der Waals surface area contributed by atoms with Crippen molar-refractivity contribution in [3.63, 3.8) is 0 Å². The van der Waals surface area contributed by atoms with Gasteiger partial charge in [-0.25, -0.2) is 4.39 Å². The van der Waals surface area contributed by atoms with Gasteiger partial charge in [-0.2, -0.15) is 0 Å². The van der Waals surface area contributed by atoms with Gasteiger partial charge >= 0.3 is 0 Å². The van der Waals surface area contributed by atoms with E-state index in [9.17, 15) is 9.18 Å². The Morgan fingerprint density at radius 3 is 2.40 bits per heavy atom. The summed E-state index contributed by atoms with van der Waals surface area (Å²) >= 11 is 5.68. The van der Waals surface area contributed by atoms with Crippen LogP contribution in [0.1, 0.15) is 29.8 Å². The molecule has 0 amide bonds. The Morgan fingerprint density at radius 1 is 1.15 bits per heavy atom. The van der Waals surface area contributed by atoms with Gasteiger partial charge < -0.3 is 4.74 Å². The third-order valence-electron chi connectivity index (χ3n) is 2.68. The number of hydrogen-bond donors (Lipinski definition) is 0. The number of hydrogen-bond acceptors (Lipinski definition) is 2. The highest BCUT2D eigenvalue weighted by atomic mass is 35.5. The first-order valence-electron chi connectivity index (χ1n) is 6.24. The normalized spacial score (nSPS) is 10.7. The Labute approximate surface area is 122 Å². The molecule has 0 aliphatic carbocycles. The fraction of sp³-hybridized carbons (Fsp3) is 0.188. The molecule has 4 heteroatoms. The van der Waals surface area contributed by atoms with Crippen LogP contribution in [0.25, 0.3) is 0 Å². The molecule has 0 aliphatic heterocycles. The van der Waals surface area contributed by atoms with Gasteiger partial charge in [0.05, 0.1) is 16.7 Å². The van der Waals surface area contributed by atoms with Crippen molar-refractivity contribution >= 4 is 17.4 Å². The zero-order chi connectivity index (χ0) is 14.7. The molecule has 2 aromatic carbocycles. The quantitative estimate of drug-likeness (QED) is 0.776. The summed E-state index contributed by atoms with van der Waals surface area (Å²) in [6.45, 7) is 3.83. The largest absolute Gasteiger partial charge is 0.491 e. The Kier molecular flexibility index (Phi) is 4.40. The second kappa shape index (κ2) is 6.06. The molecule has 0 fully saturated rings. The molecule has 0 aromatic heterocycles. The van der Waals surface area contributed by atoms with Gasteiger partial charge in [-0.1, -0.05) is 17.7 Å². The van der Waals surface area contributed by atoms with E-state index in [2.05, 4.69) is 0 Å². The smallest absolute Gasteiger partial charge is 0.196 e. The SMILES string of the molecule is CC(C)Oc1ccc(C(=O)c2cccc(Cl)c2F)cc1. The Hall–Kier alpha value is -1.87. The molecule has 0 atom stereocenters. The second-order valence-corrected chi connectivity index (χ2v) is 5.03. The van der Waals surface area contributed by atoms with Crippen LogP contribution in [0.4, 0.5) is 4.39 Å². The van der Waals surface area contributed by atoms with Gasteiger partial charge in [0.1, 0.15) is 5.75 Å². The Morgan fingerprint density at radius 2 is 1.80 bits per heavy atom. The van der Waals surface area contributed by atoms with Crippen molar-refractivity contribution in [3.8, 4) is 5.75 Å². The number of rotatable bonds is 4. The molecular weight excluding hydrogens is 279 g/mol. The van der Waals surface area contributed by atoms with Gasteiger partial charge in [-0.05, 0) is 50.2 Å². The molecular formula is C16H14ClFO2. The molecule has 0 saturated carbocycles. The van der Waals surface area contributed by atoms with Crippen molar-refractivity contribution in [1.82, 2.24) is 0 Å². The maximum atomic E-state index is 13.8. The zero-order valence-electron chi connectivity index (χ0n) is 11.2. The topological polar surface area (TPSA) is 26.3 Å². The number of carbonyl (C=O) groups is 1. The molecule has 0 spiro atoms. The van der Waals surface area contributed by atoms with E-state index < -0.39 is 11.6 Å². The number of ether oxygens (including phenoxy) is 1. The lowest BCUT2D eigenvalue weighted by atomic mass is 10.0. The standard InChI is InChI=1S/C16H14ClFO2/c1-10(2)20-12-8-6-11(7-9-12)16(19)13-4-3-5-14(17)15(13)18/h3-10H,1-2H3. The highest BCUT2D eigenvalue weighted by Gasteiger charge is 2.16. The monoisotopic (exact) mass is 292 g/mol. The van der Waals surface area contributed by atoms with E-state index in [-0.39, 0.29) is 16.7 Å². The number of carbonyl (C=O) groups excluding carboxylic acids is 1. The minimum Gasteiger partial charge on any atom is -0.491 e. The van der Waals surface area contributed by atoms with Crippen LogP contribution in [-0.4, -0.2) is 11.9 Å². The molecule has 104 valence electrons. The van der Waals surface area contributed by atoms with Crippen LogP contribution in [-0.2, 0) is 0 Å². The number of ketones is 1. The van der Waals surface area contributed by atoms with Crippen molar-refractivity contribution in [2.45, 2.75) is 20.0 Å². The summed E-state index contributed by atoms with van der Waals surface area (Å²) in [7, 11) is 0. The fourth-order valence-electron chi connectivity index (χ4n) is 1.79. The third kappa shape index (κ3) is 3.17. The van der Waals surface area contributed by atoms with Gasteiger partial charge in [0.15, 0.2) is 11.6 Å². The lowest BCUT2D eigenvalue weighted by Crippen LogP contribution is -2.07. The lowest BCUT2D eigenvalue weighted by Gasteiger charge is -2.10. The van der Waals surface area contributed by atoms with E-state index >= 15 is 0 Å². The van der Waals surface area contributed by atoms with Crippen molar-refractivity contribution in [1.29, 1.82) is 0 Å². The van der Waals surface area contributed by atoms with Crippen LogP contribution in [0, 0.1) is 5.82 Å². The minimum atomic E-state index is -0.693. The van der Waals surface area contributed by atoms with Gasteiger partial charge in [0, 0.05) is 5.56 Å². The summed E-state index contributed by atoms with van der Waals surface area (Å²) in [4.78, 5) is 12.2. The molecule has 0 bridgehead atoms. The second-order valence-electron chi connectivity index (χ2n) is 4.62.